The Morgan fingerprint density at radius 2 is 1.92 bits per heavy atom. The lowest BCUT2D eigenvalue weighted by Crippen LogP contribution is -2.54. The van der Waals surface area contributed by atoms with Crippen LogP contribution >= 0.6 is 0 Å². The third kappa shape index (κ3) is 2.96. The Morgan fingerprint density at radius 1 is 1.19 bits per heavy atom. The van der Waals surface area contributed by atoms with Gasteiger partial charge in [0.25, 0.3) is 5.91 Å². The van der Waals surface area contributed by atoms with Crippen LogP contribution in [0.25, 0.3) is 0 Å². The number of hydrogen-bond donors (Lipinski definition) is 1. The van der Waals surface area contributed by atoms with E-state index in [9.17, 15) is 9.59 Å². The van der Waals surface area contributed by atoms with Crippen LogP contribution in [0, 0.1) is 6.92 Å². The average Bonchev–Trinajstić information content (AvgIpc) is 2.99. The quantitative estimate of drug-likeness (QED) is 0.900. The van der Waals surface area contributed by atoms with Crippen LogP contribution in [0.2, 0.25) is 0 Å². The molecule has 4 heterocycles. The monoisotopic (exact) mass is 350 g/mol. The summed E-state index contributed by atoms with van der Waals surface area (Å²) in [6.45, 7) is 3.17. The van der Waals surface area contributed by atoms with Crippen LogP contribution in [0.5, 0.6) is 0 Å². The number of aryl methyl sites for hydroxylation is 1. The van der Waals surface area contributed by atoms with Crippen LogP contribution in [0.1, 0.15) is 46.8 Å². The fourth-order valence-electron chi connectivity index (χ4n) is 4.19. The van der Waals surface area contributed by atoms with Gasteiger partial charge in [-0.05, 0) is 49.6 Å². The lowest BCUT2D eigenvalue weighted by Gasteiger charge is -2.43. The van der Waals surface area contributed by atoms with Crippen molar-refractivity contribution in [2.75, 3.05) is 13.1 Å². The van der Waals surface area contributed by atoms with Gasteiger partial charge in [-0.3, -0.25) is 19.6 Å². The van der Waals surface area contributed by atoms with E-state index in [1.807, 2.05) is 36.1 Å². The Bertz CT molecular complexity index is 811. The highest BCUT2D eigenvalue weighted by molar-refractivity contribution is 5.94. The summed E-state index contributed by atoms with van der Waals surface area (Å²) in [5, 5.41) is 3.21. The summed E-state index contributed by atoms with van der Waals surface area (Å²) in [5.41, 5.74) is 2.39. The molecule has 0 aliphatic carbocycles. The van der Waals surface area contributed by atoms with Crippen molar-refractivity contribution in [1.82, 2.24) is 20.2 Å². The minimum Gasteiger partial charge on any atom is -0.350 e. The summed E-state index contributed by atoms with van der Waals surface area (Å²) in [6, 6.07) is 7.66. The Kier molecular flexibility index (Phi) is 4.18. The molecule has 1 spiro atoms. The molecule has 1 N–H and O–H groups in total. The zero-order chi connectivity index (χ0) is 18.1. The molecule has 1 atom stereocenters. The van der Waals surface area contributed by atoms with E-state index in [2.05, 4.69) is 15.3 Å². The second-order valence-electron chi connectivity index (χ2n) is 7.22. The molecule has 0 saturated carbocycles. The summed E-state index contributed by atoms with van der Waals surface area (Å²) in [4.78, 5) is 35.0. The second-order valence-corrected chi connectivity index (χ2v) is 7.22. The van der Waals surface area contributed by atoms with E-state index in [4.69, 9.17) is 0 Å². The molecule has 2 amide bonds. The van der Waals surface area contributed by atoms with Gasteiger partial charge in [0.2, 0.25) is 5.91 Å². The maximum Gasteiger partial charge on any atom is 0.255 e. The van der Waals surface area contributed by atoms with Gasteiger partial charge in [-0.15, -0.1) is 0 Å². The SMILES string of the molecule is Cc1ccc(C(=O)N2CCC3(CC2)NC(=O)CC3c2ccncc2)cn1. The Balaban J connectivity index is 1.50. The topological polar surface area (TPSA) is 75.2 Å². The Labute approximate surface area is 152 Å². The minimum absolute atomic E-state index is 0.0112. The molecule has 0 radical (unpaired) electrons. The molecule has 6 nitrogen and oxygen atoms in total. The molecule has 134 valence electrons. The lowest BCUT2D eigenvalue weighted by atomic mass is 9.74. The molecule has 1 unspecified atom stereocenters. The van der Waals surface area contributed by atoms with E-state index in [0.29, 0.717) is 25.1 Å². The number of nitrogens with one attached hydrogen (secondary N) is 1. The van der Waals surface area contributed by atoms with E-state index in [0.717, 1.165) is 24.1 Å². The minimum atomic E-state index is -0.263. The number of rotatable bonds is 2. The Hall–Kier alpha value is -2.76. The maximum absolute atomic E-state index is 12.7. The predicted molar refractivity (Wildman–Crippen MR) is 96.6 cm³/mol. The zero-order valence-corrected chi connectivity index (χ0v) is 14.8. The van der Waals surface area contributed by atoms with Gasteiger partial charge < -0.3 is 10.2 Å². The van der Waals surface area contributed by atoms with Crippen LogP contribution in [0.15, 0.2) is 42.9 Å². The highest BCUT2D eigenvalue weighted by Gasteiger charge is 2.49. The summed E-state index contributed by atoms with van der Waals surface area (Å²) < 4.78 is 0. The molecule has 2 fully saturated rings. The predicted octanol–water partition coefficient (Wildman–Crippen LogP) is 2.06. The summed E-state index contributed by atoms with van der Waals surface area (Å²) in [6.07, 6.45) is 7.20. The zero-order valence-electron chi connectivity index (χ0n) is 14.8. The van der Waals surface area contributed by atoms with E-state index in [-0.39, 0.29) is 23.3 Å². The van der Waals surface area contributed by atoms with Gasteiger partial charge in [-0.2, -0.15) is 0 Å². The molecule has 2 aliphatic rings. The maximum atomic E-state index is 12.7. The van der Waals surface area contributed by atoms with Crippen LogP contribution in [0.4, 0.5) is 0 Å². The summed E-state index contributed by atoms with van der Waals surface area (Å²) >= 11 is 0. The molecule has 6 heteroatoms. The van der Waals surface area contributed by atoms with Crippen LogP contribution in [-0.4, -0.2) is 45.3 Å². The first-order valence-corrected chi connectivity index (χ1v) is 9.00. The smallest absolute Gasteiger partial charge is 0.255 e. The van der Waals surface area contributed by atoms with E-state index in [1.54, 1.807) is 18.6 Å². The molecular weight excluding hydrogens is 328 g/mol. The number of pyridine rings is 2. The average molecular weight is 350 g/mol. The number of amides is 2. The first-order chi connectivity index (χ1) is 12.6. The van der Waals surface area contributed by atoms with Gasteiger partial charge >= 0.3 is 0 Å². The van der Waals surface area contributed by atoms with Gasteiger partial charge in [-0.25, -0.2) is 0 Å². The van der Waals surface area contributed by atoms with Crippen LogP contribution in [0.3, 0.4) is 0 Å². The van der Waals surface area contributed by atoms with Crippen molar-refractivity contribution in [3.8, 4) is 0 Å². The van der Waals surface area contributed by atoms with Crippen LogP contribution in [-0.2, 0) is 4.79 Å². The second kappa shape index (κ2) is 6.52. The fraction of sp³-hybridized carbons (Fsp3) is 0.400. The summed E-state index contributed by atoms with van der Waals surface area (Å²) in [5.74, 6) is 0.239. The Morgan fingerprint density at radius 3 is 2.58 bits per heavy atom. The highest BCUT2D eigenvalue weighted by Crippen LogP contribution is 2.43. The molecule has 2 saturated heterocycles. The summed E-state index contributed by atoms with van der Waals surface area (Å²) in [7, 11) is 0. The van der Waals surface area contributed by atoms with Crippen molar-refractivity contribution >= 4 is 11.8 Å². The number of piperidine rings is 1. The normalized spacial score (nSPS) is 21.7. The number of aromatic nitrogens is 2. The molecule has 4 rings (SSSR count). The first kappa shape index (κ1) is 16.7. The van der Waals surface area contributed by atoms with Gasteiger partial charge in [0, 0.05) is 49.7 Å². The van der Waals surface area contributed by atoms with Crippen molar-refractivity contribution < 1.29 is 9.59 Å². The number of hydrogen-bond acceptors (Lipinski definition) is 4. The van der Waals surface area contributed by atoms with E-state index >= 15 is 0 Å². The van der Waals surface area contributed by atoms with E-state index in [1.165, 1.54) is 0 Å². The van der Waals surface area contributed by atoms with E-state index < -0.39 is 0 Å². The molecule has 2 aromatic heterocycles. The van der Waals surface area contributed by atoms with Gasteiger partial charge in [0.1, 0.15) is 0 Å². The third-order valence-electron chi connectivity index (χ3n) is 5.65. The number of likely N-dealkylation sites (tertiary alicyclic amines) is 1. The molecule has 0 bridgehead atoms. The third-order valence-corrected chi connectivity index (χ3v) is 5.65. The van der Waals surface area contributed by atoms with Crippen molar-refractivity contribution in [3.63, 3.8) is 0 Å². The fourth-order valence-corrected chi connectivity index (χ4v) is 4.19. The molecule has 0 aromatic carbocycles. The van der Waals surface area contributed by atoms with Crippen molar-refractivity contribution in [3.05, 3.63) is 59.7 Å². The van der Waals surface area contributed by atoms with Gasteiger partial charge in [0.05, 0.1) is 11.1 Å². The standard InChI is InChI=1S/C20H22N4O2/c1-14-2-3-16(13-22-14)19(26)24-10-6-20(7-11-24)17(12-18(25)23-20)15-4-8-21-9-5-15/h2-5,8-9,13,17H,6-7,10-12H2,1H3,(H,23,25). The number of nitrogens with zero attached hydrogens (tertiary/aromatic N) is 3. The lowest BCUT2D eigenvalue weighted by molar-refractivity contribution is -0.120. The first-order valence-electron chi connectivity index (χ1n) is 9.00. The molecule has 2 aromatic rings. The number of carbonyl (C=O) groups is 2. The van der Waals surface area contributed by atoms with Gasteiger partial charge in [0.15, 0.2) is 0 Å². The molecule has 2 aliphatic heterocycles. The molecular formula is C20H22N4O2. The molecule has 26 heavy (non-hydrogen) atoms. The van der Waals surface area contributed by atoms with Crippen molar-refractivity contribution in [2.45, 2.75) is 37.6 Å². The van der Waals surface area contributed by atoms with Crippen LogP contribution < -0.4 is 5.32 Å². The van der Waals surface area contributed by atoms with Crippen molar-refractivity contribution in [1.29, 1.82) is 0 Å². The highest BCUT2D eigenvalue weighted by atomic mass is 16.2. The largest absolute Gasteiger partial charge is 0.350 e. The van der Waals surface area contributed by atoms with Gasteiger partial charge in [-0.1, -0.05) is 0 Å². The van der Waals surface area contributed by atoms with Crippen molar-refractivity contribution in [2.24, 2.45) is 0 Å². The number of carbonyl (C=O) groups excluding carboxylic acids is 2.